The lowest BCUT2D eigenvalue weighted by atomic mass is 10.2. The Morgan fingerprint density at radius 2 is 2.16 bits per heavy atom. The van der Waals surface area contributed by atoms with Gasteiger partial charge in [0, 0.05) is 18.5 Å². The minimum atomic E-state index is 0.619. The maximum atomic E-state index is 5.77. The highest BCUT2D eigenvalue weighted by molar-refractivity contribution is 5.40. The molecule has 0 aliphatic heterocycles. The van der Waals surface area contributed by atoms with Crippen LogP contribution < -0.4 is 14.8 Å². The maximum absolute atomic E-state index is 5.77. The highest BCUT2D eigenvalue weighted by Gasteiger charge is 2.05. The predicted molar refractivity (Wildman–Crippen MR) is 78.6 cm³/mol. The maximum Gasteiger partial charge on any atom is 0.124 e. The molecular formula is C16H23NO2. The molecule has 0 spiro atoms. The van der Waals surface area contributed by atoms with Crippen LogP contribution in [0.3, 0.4) is 0 Å². The first-order chi connectivity index (χ1) is 9.31. The van der Waals surface area contributed by atoms with E-state index in [4.69, 9.17) is 9.47 Å². The molecule has 3 nitrogen and oxygen atoms in total. The molecule has 1 rings (SSSR count). The zero-order chi connectivity index (χ0) is 13.9. The Kier molecular flexibility index (Phi) is 7.53. The van der Waals surface area contributed by atoms with Crippen molar-refractivity contribution in [1.82, 2.24) is 5.32 Å². The summed E-state index contributed by atoms with van der Waals surface area (Å²) in [6.07, 6.45) is 1.87. The summed E-state index contributed by atoms with van der Waals surface area (Å²) in [5.74, 6) is 7.62. The summed E-state index contributed by atoms with van der Waals surface area (Å²) >= 11 is 0. The van der Waals surface area contributed by atoms with Gasteiger partial charge < -0.3 is 14.8 Å². The van der Waals surface area contributed by atoms with E-state index in [9.17, 15) is 0 Å². The molecule has 0 bridgehead atoms. The minimum Gasteiger partial charge on any atom is -0.497 e. The van der Waals surface area contributed by atoms with Gasteiger partial charge in [0.15, 0.2) is 0 Å². The molecule has 0 fully saturated rings. The molecule has 0 saturated heterocycles. The number of methoxy groups -OCH3 is 1. The molecule has 1 aromatic carbocycles. The number of hydrogen-bond acceptors (Lipinski definition) is 3. The molecule has 0 atom stereocenters. The average Bonchev–Trinajstić information content (AvgIpc) is 2.45. The Hall–Kier alpha value is -1.66. The third-order valence-corrected chi connectivity index (χ3v) is 2.67. The van der Waals surface area contributed by atoms with Gasteiger partial charge in [0.1, 0.15) is 11.5 Å². The number of ether oxygens (including phenoxy) is 2. The lowest BCUT2D eigenvalue weighted by molar-refractivity contribution is 0.321. The summed E-state index contributed by atoms with van der Waals surface area (Å²) in [5, 5.41) is 3.38. The zero-order valence-electron chi connectivity index (χ0n) is 12.1. The van der Waals surface area contributed by atoms with Crippen molar-refractivity contribution in [1.29, 1.82) is 0 Å². The van der Waals surface area contributed by atoms with E-state index in [-0.39, 0.29) is 0 Å². The van der Waals surface area contributed by atoms with Gasteiger partial charge in [-0.3, -0.25) is 0 Å². The lowest BCUT2D eigenvalue weighted by Gasteiger charge is -2.13. The number of benzene rings is 1. The van der Waals surface area contributed by atoms with Crippen molar-refractivity contribution in [2.75, 3.05) is 20.3 Å². The van der Waals surface area contributed by atoms with Gasteiger partial charge >= 0.3 is 0 Å². The van der Waals surface area contributed by atoms with Crippen molar-refractivity contribution in [2.45, 2.75) is 33.2 Å². The molecule has 1 N–H and O–H groups in total. The smallest absolute Gasteiger partial charge is 0.124 e. The Bertz CT molecular complexity index is 432. The topological polar surface area (TPSA) is 30.5 Å². The van der Waals surface area contributed by atoms with Crippen LogP contribution in [0.5, 0.6) is 11.5 Å². The van der Waals surface area contributed by atoms with E-state index in [0.717, 1.165) is 43.0 Å². The summed E-state index contributed by atoms with van der Waals surface area (Å²) in [6, 6.07) is 5.90. The molecule has 0 amide bonds. The molecule has 0 aliphatic rings. The number of nitrogens with one attached hydrogen (secondary N) is 1. The van der Waals surface area contributed by atoms with E-state index in [1.165, 1.54) is 0 Å². The summed E-state index contributed by atoms with van der Waals surface area (Å²) in [5.41, 5.74) is 1.12. The predicted octanol–water partition coefficient (Wildman–Crippen LogP) is 2.99. The van der Waals surface area contributed by atoms with Gasteiger partial charge in [-0.05, 0) is 38.1 Å². The van der Waals surface area contributed by atoms with Gasteiger partial charge in [0.2, 0.25) is 0 Å². The normalized spacial score (nSPS) is 9.63. The SMILES string of the molecule is CC#CCCOc1ccc(OC)cc1CNCCC. The monoisotopic (exact) mass is 261 g/mol. The van der Waals surface area contributed by atoms with E-state index in [1.807, 2.05) is 25.1 Å². The Labute approximate surface area is 116 Å². The van der Waals surface area contributed by atoms with Crippen molar-refractivity contribution < 1.29 is 9.47 Å². The zero-order valence-corrected chi connectivity index (χ0v) is 12.1. The molecule has 0 saturated carbocycles. The molecular weight excluding hydrogens is 238 g/mol. The third kappa shape index (κ3) is 5.67. The van der Waals surface area contributed by atoms with E-state index in [2.05, 4.69) is 24.1 Å². The summed E-state index contributed by atoms with van der Waals surface area (Å²) in [7, 11) is 1.68. The van der Waals surface area contributed by atoms with Gasteiger partial charge in [0.25, 0.3) is 0 Å². The van der Waals surface area contributed by atoms with Crippen molar-refractivity contribution in [3.05, 3.63) is 23.8 Å². The van der Waals surface area contributed by atoms with Crippen LogP contribution in [-0.4, -0.2) is 20.3 Å². The molecule has 0 unspecified atom stereocenters. The Balaban J connectivity index is 2.66. The summed E-state index contributed by atoms with van der Waals surface area (Å²) in [6.45, 7) is 6.40. The van der Waals surface area contributed by atoms with Gasteiger partial charge in [-0.2, -0.15) is 0 Å². The van der Waals surface area contributed by atoms with Gasteiger partial charge in [0.05, 0.1) is 13.7 Å². The van der Waals surface area contributed by atoms with Crippen LogP contribution in [0.4, 0.5) is 0 Å². The fourth-order valence-corrected chi connectivity index (χ4v) is 1.70. The van der Waals surface area contributed by atoms with Crippen LogP contribution in [0.1, 0.15) is 32.3 Å². The Morgan fingerprint density at radius 3 is 2.84 bits per heavy atom. The van der Waals surface area contributed by atoms with Crippen LogP contribution in [0.15, 0.2) is 18.2 Å². The third-order valence-electron chi connectivity index (χ3n) is 2.67. The van der Waals surface area contributed by atoms with Crippen molar-refractivity contribution in [3.8, 4) is 23.3 Å². The Morgan fingerprint density at radius 1 is 1.32 bits per heavy atom. The first kappa shape index (κ1) is 15.4. The first-order valence-corrected chi connectivity index (χ1v) is 6.71. The molecule has 0 aliphatic carbocycles. The van der Waals surface area contributed by atoms with Crippen LogP contribution in [0.2, 0.25) is 0 Å². The molecule has 0 heterocycles. The average molecular weight is 261 g/mol. The quantitative estimate of drug-likeness (QED) is 0.576. The molecule has 1 aromatic rings. The van der Waals surface area contributed by atoms with Gasteiger partial charge in [-0.15, -0.1) is 11.8 Å². The molecule has 3 heteroatoms. The number of rotatable bonds is 8. The van der Waals surface area contributed by atoms with Crippen LogP contribution in [0.25, 0.3) is 0 Å². The van der Waals surface area contributed by atoms with Crippen molar-refractivity contribution >= 4 is 0 Å². The van der Waals surface area contributed by atoms with Crippen molar-refractivity contribution in [3.63, 3.8) is 0 Å². The van der Waals surface area contributed by atoms with E-state index in [0.29, 0.717) is 6.61 Å². The molecule has 0 radical (unpaired) electrons. The van der Waals surface area contributed by atoms with Gasteiger partial charge in [-0.1, -0.05) is 6.92 Å². The second-order valence-corrected chi connectivity index (χ2v) is 4.18. The molecule has 0 aromatic heterocycles. The van der Waals surface area contributed by atoms with Crippen LogP contribution >= 0.6 is 0 Å². The van der Waals surface area contributed by atoms with E-state index < -0.39 is 0 Å². The van der Waals surface area contributed by atoms with E-state index >= 15 is 0 Å². The van der Waals surface area contributed by atoms with Gasteiger partial charge in [-0.25, -0.2) is 0 Å². The second-order valence-electron chi connectivity index (χ2n) is 4.18. The fraction of sp³-hybridized carbons (Fsp3) is 0.500. The highest BCUT2D eigenvalue weighted by Crippen LogP contribution is 2.24. The fourth-order valence-electron chi connectivity index (χ4n) is 1.70. The highest BCUT2D eigenvalue weighted by atomic mass is 16.5. The van der Waals surface area contributed by atoms with Crippen LogP contribution in [0, 0.1) is 11.8 Å². The standard InChI is InChI=1S/C16H23NO2/c1-4-6-7-11-19-16-9-8-15(18-3)12-14(16)13-17-10-5-2/h8-9,12,17H,5,7,10-11,13H2,1-3H3. The second kappa shape index (κ2) is 9.29. The largest absolute Gasteiger partial charge is 0.497 e. The summed E-state index contributed by atoms with van der Waals surface area (Å²) in [4.78, 5) is 0. The number of hydrogen-bond donors (Lipinski definition) is 1. The van der Waals surface area contributed by atoms with Crippen molar-refractivity contribution in [2.24, 2.45) is 0 Å². The lowest BCUT2D eigenvalue weighted by Crippen LogP contribution is -2.15. The van der Waals surface area contributed by atoms with E-state index in [1.54, 1.807) is 7.11 Å². The van der Waals surface area contributed by atoms with Crippen LogP contribution in [-0.2, 0) is 6.54 Å². The molecule has 104 valence electrons. The molecule has 19 heavy (non-hydrogen) atoms. The first-order valence-electron chi connectivity index (χ1n) is 6.71. The minimum absolute atomic E-state index is 0.619. The summed E-state index contributed by atoms with van der Waals surface area (Å²) < 4.78 is 11.0.